The molecule has 6 aromatic carbocycles. The number of aromatic nitrogens is 3. The summed E-state index contributed by atoms with van der Waals surface area (Å²) in [7, 11) is 3.50. The molecular weight excluding hydrogens is 1650 g/mol. The summed E-state index contributed by atoms with van der Waals surface area (Å²) in [6, 6.07) is 53.6. The maximum absolute atomic E-state index is 14.5. The number of hydrogen-bond acceptors (Lipinski definition) is 17. The highest BCUT2D eigenvalue weighted by molar-refractivity contribution is 14.1. The van der Waals surface area contributed by atoms with Crippen molar-refractivity contribution in [2.45, 2.75) is 108 Å². The lowest BCUT2D eigenvalue weighted by Gasteiger charge is -2.23. The number of benzene rings is 8. The predicted molar refractivity (Wildman–Crippen MR) is 470 cm³/mol. The average molecular weight is 1750 g/mol. The number of rotatable bonds is 25. The van der Waals surface area contributed by atoms with Gasteiger partial charge in [-0.05, 0) is 179 Å². The first-order valence-electron chi connectivity index (χ1n) is 38.4. The molecule has 0 radical (unpaired) electrons. The minimum Gasteiger partial charge on any atom is -0.456 e. The van der Waals surface area contributed by atoms with Crippen LogP contribution in [0.3, 0.4) is 0 Å². The minimum atomic E-state index is -0.792. The number of anilines is 2. The van der Waals surface area contributed by atoms with Crippen LogP contribution in [0.2, 0.25) is 0 Å². The number of amides is 6. The number of carbonyl (C=O) groups is 8. The Hall–Kier alpha value is -12.2. The van der Waals surface area contributed by atoms with Gasteiger partial charge >= 0.3 is 11.9 Å². The smallest absolute Gasteiger partial charge is 0.363 e. The Balaban J connectivity index is 0.000000246. The van der Waals surface area contributed by atoms with Gasteiger partial charge in [-0.25, -0.2) is 23.4 Å². The first-order valence-corrected chi connectivity index (χ1v) is 39.4. The third-order valence-corrected chi connectivity index (χ3v) is 21.5. The zero-order valence-corrected chi connectivity index (χ0v) is 70.7. The lowest BCUT2D eigenvalue weighted by atomic mass is 9.90. The van der Waals surface area contributed by atoms with E-state index in [9.17, 15) is 38.4 Å². The van der Waals surface area contributed by atoms with E-state index < -0.39 is 35.6 Å². The van der Waals surface area contributed by atoms with E-state index in [2.05, 4.69) is 196 Å². The monoisotopic (exact) mass is 1750 g/mol. The van der Waals surface area contributed by atoms with Crippen molar-refractivity contribution in [2.24, 2.45) is 5.11 Å². The second kappa shape index (κ2) is 42.1. The third-order valence-electron chi connectivity index (χ3n) is 20.3. The van der Waals surface area contributed by atoms with Gasteiger partial charge in [0.25, 0.3) is 35.4 Å². The molecule has 0 N–H and O–H groups in total. The topological polar surface area (TPSA) is 286 Å². The third kappa shape index (κ3) is 20.4. The van der Waals surface area contributed by atoms with Crippen LogP contribution < -0.4 is 29.7 Å². The Kier molecular flexibility index (Phi) is 32.6. The molecule has 7 aromatic rings. The van der Waals surface area contributed by atoms with Crippen molar-refractivity contribution < 1.29 is 56.9 Å². The van der Waals surface area contributed by atoms with Crippen LogP contribution in [0.25, 0.3) is 77.3 Å². The Morgan fingerprint density at radius 3 is 1.36 bits per heavy atom. The molecule has 2 fully saturated rings. The van der Waals surface area contributed by atoms with Crippen LogP contribution in [0.1, 0.15) is 147 Å². The molecule has 6 amide bonds. The first kappa shape index (κ1) is 91.3. The fraction of sp³-hybridized carbons (Fsp3) is 0.303. The van der Waals surface area contributed by atoms with Gasteiger partial charge in [0.1, 0.15) is 58.3 Å². The lowest BCUT2D eigenvalue weighted by Crippen LogP contribution is -2.32. The van der Waals surface area contributed by atoms with Crippen molar-refractivity contribution in [2.75, 3.05) is 82.8 Å². The molecule has 0 spiro atoms. The molecule has 0 bridgehead atoms. The largest absolute Gasteiger partial charge is 0.456 e. The molecule has 6 aliphatic rings. The van der Waals surface area contributed by atoms with E-state index in [4.69, 9.17) is 30.5 Å². The number of azide groups is 1. The van der Waals surface area contributed by atoms with Gasteiger partial charge in [-0.1, -0.05) is 84.3 Å². The summed E-state index contributed by atoms with van der Waals surface area (Å²) in [5.74, 6) is 0.146. The zero-order valence-electron chi connectivity index (χ0n) is 66.9. The van der Waals surface area contributed by atoms with Crippen LogP contribution in [0.5, 0.6) is 0 Å². The zero-order chi connectivity index (χ0) is 82.1. The molecule has 0 saturated carbocycles. The number of carbonyl (C=O) groups excluding carboxylic acids is 8. The highest BCUT2D eigenvalue weighted by atomic mass is 125. The van der Waals surface area contributed by atoms with Gasteiger partial charge in [0.05, 0.1) is 49.4 Å². The Morgan fingerprint density at radius 2 is 0.958 bits per heavy atom. The highest BCUT2D eigenvalue weighted by Crippen LogP contribution is 2.44. The maximum atomic E-state index is 14.5. The molecular formula is C89H97Cl2IN14O12+2. The molecule has 2 aliphatic carbocycles. The van der Waals surface area contributed by atoms with Crippen LogP contribution >= 0.6 is 47.4 Å². The number of terminal acetylenes is 1. The Labute approximate surface area is 711 Å². The van der Waals surface area contributed by atoms with Crippen molar-refractivity contribution in [3.63, 3.8) is 0 Å². The second-order valence-corrected chi connectivity index (χ2v) is 28.2. The van der Waals surface area contributed by atoms with Crippen molar-refractivity contribution in [3.8, 4) is 57.2 Å². The molecule has 13 rings (SSSR count). The summed E-state index contributed by atoms with van der Waals surface area (Å²) in [5.41, 5.74) is 21.2. The van der Waals surface area contributed by atoms with Gasteiger partial charge in [0.15, 0.2) is 0 Å². The molecule has 118 heavy (non-hydrogen) atoms. The minimum absolute atomic E-state index is 0. The number of fused-ring (bicyclic) bond motifs is 4. The normalized spacial score (nSPS) is 12.1. The summed E-state index contributed by atoms with van der Waals surface area (Å²) in [6.07, 6.45) is 5.66. The van der Waals surface area contributed by atoms with Gasteiger partial charge < -0.3 is 38.1 Å². The molecule has 2 saturated heterocycles. The first-order chi connectivity index (χ1) is 55.6. The molecule has 0 atom stereocenters. The maximum Gasteiger partial charge on any atom is 0.363 e. The van der Waals surface area contributed by atoms with E-state index in [1.54, 1.807) is 65.0 Å². The molecule has 4 aliphatic heterocycles. The van der Waals surface area contributed by atoms with Crippen LogP contribution in [0.4, 0.5) is 11.4 Å². The van der Waals surface area contributed by atoms with E-state index in [-0.39, 0.29) is 100 Å². The highest BCUT2D eigenvalue weighted by Gasteiger charge is 2.35. The number of imide groups is 2. The summed E-state index contributed by atoms with van der Waals surface area (Å²) in [5, 5.41) is 17.3. The van der Waals surface area contributed by atoms with Crippen LogP contribution in [0.15, 0.2) is 184 Å². The molecule has 1 aromatic heterocycles. The number of hydroxylamine groups is 4. The van der Waals surface area contributed by atoms with Crippen molar-refractivity contribution in [1.29, 1.82) is 0 Å². The quantitative estimate of drug-likeness (QED) is 0.00751. The van der Waals surface area contributed by atoms with Gasteiger partial charge in [-0.15, -0.1) is 46.5 Å². The second-order valence-electron chi connectivity index (χ2n) is 27.2. The fourth-order valence-corrected chi connectivity index (χ4v) is 14.6. The molecule has 614 valence electrons. The molecule has 0 unspecified atom stereocenters. The molecule has 26 nitrogen and oxygen atoms in total. The summed E-state index contributed by atoms with van der Waals surface area (Å²) >= 11 is 2.18. The Morgan fingerprint density at radius 1 is 0.551 bits per heavy atom. The Bertz CT molecular complexity index is 5660. The number of nitrogens with zero attached hydrogens (tertiary/aromatic N) is 14. The van der Waals surface area contributed by atoms with E-state index in [0.717, 1.165) is 156 Å². The van der Waals surface area contributed by atoms with E-state index in [0.29, 0.717) is 33.5 Å². The van der Waals surface area contributed by atoms with Crippen LogP contribution in [-0.2, 0) is 48.5 Å². The average Bonchev–Trinajstić information content (AvgIpc) is 1.01. The lowest BCUT2D eigenvalue weighted by molar-refractivity contribution is -0.173. The van der Waals surface area contributed by atoms with E-state index in [1.165, 1.54) is 12.1 Å². The fourth-order valence-electron chi connectivity index (χ4n) is 14.0. The van der Waals surface area contributed by atoms with Gasteiger partial charge in [-0.2, -0.15) is 0 Å². The number of halogens is 3. The van der Waals surface area contributed by atoms with Crippen molar-refractivity contribution in [3.05, 3.63) is 234 Å². The summed E-state index contributed by atoms with van der Waals surface area (Å²) in [6.45, 7) is 25.3. The van der Waals surface area contributed by atoms with Crippen molar-refractivity contribution >= 4 is 128 Å². The molecule has 29 heteroatoms. The standard InChI is InChI=1S/C44H45IN7O6.C32H36N3O2.C12H10N4O4.CH4.2ClH/c1-6-49(7-2)30-18-20-34-37(24-30)57-38-25-31(50(8-3)9-4)19-21-35(38)41(34)32-12-10-11-13-33(32)43(55)48(5)27-36-42(45)51(47-46-36)26-28-14-16-29(17-15-28)44(56)58-52-39(53)22-23-40(52)54;1-7-20-33(6)32(36)26-15-13-12-14-25(26)31-27-18-16-23(34(8-2)9-3)21-29(27)37-30-22-24(17-19-28(30)31)35(10-4)11-5;13-15-14-7-8-1-3-9(4-2-8)12(19)20-16-10(17)5-6-11(16)18;;;/h10-21,24-25H,6-9,22-23,26-27H2,1-5H3;1,12-19,21-22H,8-11,20H2,2-6H3;1-4H,5-7H2;1H4;2*1H/q2*+1;;;;/i45-2;;;;;. The predicted octanol–water partition coefficient (Wildman–Crippen LogP) is 15.4. The summed E-state index contributed by atoms with van der Waals surface area (Å²) in [4.78, 5) is 119. The SMILES string of the molecule is C.C#CCN(C)C(=O)c1ccccc1-c1c2ccc(=[N+](CC)CC)cc-2oc2cc(N(CC)CC)ccc12.CCN(CC)c1ccc2c(-c3ccccc3C(=O)N(C)Cc3nnn(Cc4ccc(C(=O)ON5C(=O)CCC5=O)cc4)c3[125I])c3ccc(=[N+](CC)CC)cc-3oc2c1.Cl.Cl.[N-]=[N+]=NCc1ccc(C(=O)ON2C(=O)CCC2=O)cc1. The van der Waals surface area contributed by atoms with E-state index >= 15 is 0 Å². The molecule has 5 heterocycles. The van der Waals surface area contributed by atoms with E-state index in [1.807, 2.05) is 48.5 Å². The van der Waals surface area contributed by atoms with Crippen LogP contribution in [0, 0.1) is 16.0 Å². The van der Waals surface area contributed by atoms with Gasteiger partial charge in [-0.3, -0.25) is 28.8 Å². The van der Waals surface area contributed by atoms with Crippen LogP contribution in [-0.4, -0.2) is 155 Å². The van der Waals surface area contributed by atoms with Gasteiger partial charge in [0.2, 0.25) is 10.7 Å². The number of hydrogen-bond donors (Lipinski definition) is 0. The van der Waals surface area contributed by atoms with Crippen molar-refractivity contribution in [1.82, 2.24) is 44.1 Å². The summed E-state index contributed by atoms with van der Waals surface area (Å²) < 4.78 is 20.3. The van der Waals surface area contributed by atoms with Gasteiger partial charge in [0, 0.05) is 151 Å².